The molecule has 1 unspecified atom stereocenters. The topological polar surface area (TPSA) is 66.6 Å². The average Bonchev–Trinajstić information content (AvgIpc) is 2.36. The molecule has 1 saturated carbocycles. The SMILES string of the molecule is CC(N)CCCC(=O)N(CCO)C1CCCCC1. The van der Waals surface area contributed by atoms with E-state index in [2.05, 4.69) is 0 Å². The lowest BCUT2D eigenvalue weighted by molar-refractivity contribution is -0.135. The Bertz CT molecular complexity index is 238. The Morgan fingerprint density at radius 1 is 1.39 bits per heavy atom. The first-order valence-corrected chi connectivity index (χ1v) is 7.31. The molecule has 1 fully saturated rings. The number of hydrogen-bond donors (Lipinski definition) is 2. The second kappa shape index (κ2) is 8.48. The molecule has 0 saturated heterocycles. The smallest absolute Gasteiger partial charge is 0.222 e. The normalized spacial score (nSPS) is 18.6. The molecule has 1 amide bonds. The minimum atomic E-state index is 0.0650. The van der Waals surface area contributed by atoms with Crippen molar-refractivity contribution in [3.63, 3.8) is 0 Å². The zero-order valence-electron chi connectivity index (χ0n) is 11.6. The number of nitrogens with two attached hydrogens (primary N) is 1. The summed E-state index contributed by atoms with van der Waals surface area (Å²) in [7, 11) is 0. The molecule has 0 heterocycles. The summed E-state index contributed by atoms with van der Waals surface area (Å²) in [4.78, 5) is 14.1. The van der Waals surface area contributed by atoms with E-state index in [-0.39, 0.29) is 18.6 Å². The van der Waals surface area contributed by atoms with Gasteiger partial charge in [0, 0.05) is 25.0 Å². The minimum absolute atomic E-state index is 0.0650. The van der Waals surface area contributed by atoms with Crippen molar-refractivity contribution < 1.29 is 9.90 Å². The van der Waals surface area contributed by atoms with Crippen LogP contribution in [0, 0.1) is 0 Å². The summed E-state index contributed by atoms with van der Waals surface area (Å²) in [6.45, 7) is 2.52. The van der Waals surface area contributed by atoms with E-state index in [0.717, 1.165) is 25.7 Å². The molecule has 4 heteroatoms. The standard InChI is InChI=1S/C14H28N2O2/c1-12(15)6-5-9-14(18)16(10-11-17)13-7-3-2-4-8-13/h12-13,17H,2-11,15H2,1H3. The Morgan fingerprint density at radius 2 is 2.06 bits per heavy atom. The molecular weight excluding hydrogens is 228 g/mol. The van der Waals surface area contributed by atoms with Gasteiger partial charge in [-0.1, -0.05) is 19.3 Å². The number of rotatable bonds is 7. The first-order valence-electron chi connectivity index (χ1n) is 7.31. The lowest BCUT2D eigenvalue weighted by Gasteiger charge is -2.34. The lowest BCUT2D eigenvalue weighted by Crippen LogP contribution is -2.43. The third kappa shape index (κ3) is 5.36. The van der Waals surface area contributed by atoms with E-state index >= 15 is 0 Å². The molecule has 18 heavy (non-hydrogen) atoms. The highest BCUT2D eigenvalue weighted by Gasteiger charge is 2.24. The summed E-state index contributed by atoms with van der Waals surface area (Å²) in [5.41, 5.74) is 5.69. The first-order chi connectivity index (χ1) is 8.65. The fraction of sp³-hybridized carbons (Fsp3) is 0.929. The van der Waals surface area contributed by atoms with E-state index < -0.39 is 0 Å². The van der Waals surface area contributed by atoms with Gasteiger partial charge in [-0.15, -0.1) is 0 Å². The zero-order valence-corrected chi connectivity index (χ0v) is 11.6. The Hall–Kier alpha value is -0.610. The van der Waals surface area contributed by atoms with Gasteiger partial charge in [0.05, 0.1) is 6.61 Å². The molecule has 0 aliphatic heterocycles. The summed E-state index contributed by atoms with van der Waals surface area (Å²) in [6, 6.07) is 0.521. The molecule has 3 N–H and O–H groups in total. The summed E-state index contributed by atoms with van der Waals surface area (Å²) in [6.07, 6.45) is 8.20. The predicted molar refractivity (Wildman–Crippen MR) is 73.2 cm³/mol. The number of carbonyl (C=O) groups excluding carboxylic acids is 1. The van der Waals surface area contributed by atoms with Crippen LogP contribution in [0.4, 0.5) is 0 Å². The quantitative estimate of drug-likeness (QED) is 0.728. The lowest BCUT2D eigenvalue weighted by atomic mass is 9.94. The molecule has 0 aromatic carbocycles. The Kier molecular flexibility index (Phi) is 7.28. The van der Waals surface area contributed by atoms with Crippen molar-refractivity contribution in [3.05, 3.63) is 0 Å². The summed E-state index contributed by atoms with van der Waals surface area (Å²) in [5.74, 6) is 0.191. The fourth-order valence-corrected chi connectivity index (χ4v) is 2.73. The number of aliphatic hydroxyl groups is 1. The number of nitrogens with zero attached hydrogens (tertiary/aromatic N) is 1. The molecule has 1 aliphatic carbocycles. The first kappa shape index (κ1) is 15.4. The van der Waals surface area contributed by atoms with E-state index in [1.54, 1.807) is 0 Å². The van der Waals surface area contributed by atoms with Gasteiger partial charge in [0.2, 0.25) is 5.91 Å². The van der Waals surface area contributed by atoms with Crippen LogP contribution in [0.25, 0.3) is 0 Å². The highest BCUT2D eigenvalue weighted by atomic mass is 16.3. The molecule has 0 spiro atoms. The van der Waals surface area contributed by atoms with Crippen molar-refractivity contribution in [1.29, 1.82) is 0 Å². The van der Waals surface area contributed by atoms with E-state index in [1.165, 1.54) is 19.3 Å². The molecule has 0 bridgehead atoms. The largest absolute Gasteiger partial charge is 0.395 e. The number of hydrogen-bond acceptors (Lipinski definition) is 3. The Morgan fingerprint density at radius 3 is 2.61 bits per heavy atom. The van der Waals surface area contributed by atoms with E-state index in [1.807, 2.05) is 11.8 Å². The van der Waals surface area contributed by atoms with Crippen LogP contribution in [0.3, 0.4) is 0 Å². The second-order valence-electron chi connectivity index (χ2n) is 5.47. The predicted octanol–water partition coefficient (Wildman–Crippen LogP) is 1.66. The second-order valence-corrected chi connectivity index (χ2v) is 5.47. The fourth-order valence-electron chi connectivity index (χ4n) is 2.73. The highest BCUT2D eigenvalue weighted by molar-refractivity contribution is 5.76. The van der Waals surface area contributed by atoms with E-state index in [0.29, 0.717) is 19.0 Å². The van der Waals surface area contributed by atoms with Crippen LogP contribution in [0.1, 0.15) is 58.3 Å². The molecule has 106 valence electrons. The maximum Gasteiger partial charge on any atom is 0.222 e. The molecular formula is C14H28N2O2. The van der Waals surface area contributed by atoms with Gasteiger partial charge in [-0.2, -0.15) is 0 Å². The molecule has 1 aliphatic rings. The van der Waals surface area contributed by atoms with Crippen LogP contribution in [-0.2, 0) is 4.79 Å². The van der Waals surface area contributed by atoms with Gasteiger partial charge in [0.1, 0.15) is 0 Å². The van der Waals surface area contributed by atoms with Crippen molar-refractivity contribution in [2.45, 2.75) is 70.4 Å². The summed E-state index contributed by atoms with van der Waals surface area (Å²) >= 11 is 0. The maximum atomic E-state index is 12.2. The van der Waals surface area contributed by atoms with Crippen molar-refractivity contribution in [3.8, 4) is 0 Å². The Balaban J connectivity index is 2.41. The van der Waals surface area contributed by atoms with Crippen LogP contribution < -0.4 is 5.73 Å². The van der Waals surface area contributed by atoms with Crippen LogP contribution in [0.15, 0.2) is 0 Å². The van der Waals surface area contributed by atoms with E-state index in [4.69, 9.17) is 10.8 Å². The number of amides is 1. The minimum Gasteiger partial charge on any atom is -0.395 e. The van der Waals surface area contributed by atoms with Crippen molar-refractivity contribution in [2.24, 2.45) is 5.73 Å². The third-order valence-corrected chi connectivity index (χ3v) is 3.73. The van der Waals surface area contributed by atoms with Gasteiger partial charge in [0.15, 0.2) is 0 Å². The molecule has 0 radical (unpaired) electrons. The molecule has 0 aromatic heterocycles. The molecule has 4 nitrogen and oxygen atoms in total. The van der Waals surface area contributed by atoms with Gasteiger partial charge < -0.3 is 15.7 Å². The van der Waals surface area contributed by atoms with Gasteiger partial charge in [-0.25, -0.2) is 0 Å². The van der Waals surface area contributed by atoms with Crippen molar-refractivity contribution in [1.82, 2.24) is 4.90 Å². The van der Waals surface area contributed by atoms with Crippen LogP contribution >= 0.6 is 0 Å². The van der Waals surface area contributed by atoms with Gasteiger partial charge in [0.25, 0.3) is 0 Å². The maximum absolute atomic E-state index is 12.2. The van der Waals surface area contributed by atoms with E-state index in [9.17, 15) is 4.79 Å². The summed E-state index contributed by atoms with van der Waals surface area (Å²) < 4.78 is 0. The van der Waals surface area contributed by atoms with Gasteiger partial charge >= 0.3 is 0 Å². The molecule has 1 rings (SSSR count). The van der Waals surface area contributed by atoms with Crippen molar-refractivity contribution in [2.75, 3.05) is 13.2 Å². The Labute approximate surface area is 111 Å². The summed E-state index contributed by atoms with van der Waals surface area (Å²) in [5, 5.41) is 9.12. The van der Waals surface area contributed by atoms with Crippen LogP contribution in [0.5, 0.6) is 0 Å². The van der Waals surface area contributed by atoms with Crippen LogP contribution in [-0.4, -0.2) is 41.1 Å². The highest BCUT2D eigenvalue weighted by Crippen LogP contribution is 2.23. The third-order valence-electron chi connectivity index (χ3n) is 3.73. The monoisotopic (exact) mass is 256 g/mol. The number of carbonyl (C=O) groups is 1. The molecule has 1 atom stereocenters. The van der Waals surface area contributed by atoms with Crippen LogP contribution in [0.2, 0.25) is 0 Å². The number of aliphatic hydroxyl groups excluding tert-OH is 1. The molecule has 0 aromatic rings. The average molecular weight is 256 g/mol. The van der Waals surface area contributed by atoms with Gasteiger partial charge in [-0.3, -0.25) is 4.79 Å². The zero-order chi connectivity index (χ0) is 13.4. The van der Waals surface area contributed by atoms with Crippen molar-refractivity contribution >= 4 is 5.91 Å². The van der Waals surface area contributed by atoms with Gasteiger partial charge in [-0.05, 0) is 32.6 Å².